The molecule has 0 saturated heterocycles. The quantitative estimate of drug-likeness (QED) is 0.728. The average molecular weight is 235 g/mol. The number of anilines is 1. The zero-order chi connectivity index (χ0) is 12.5. The lowest BCUT2D eigenvalue weighted by Crippen LogP contribution is -2.09. The van der Waals surface area contributed by atoms with Gasteiger partial charge in [0.05, 0.1) is 17.9 Å². The molecule has 0 saturated carbocycles. The molecule has 17 heavy (non-hydrogen) atoms. The smallest absolute Gasteiger partial charge is 0.237 e. The first kappa shape index (κ1) is 13.3. The molecule has 1 heterocycles. The van der Waals surface area contributed by atoms with Gasteiger partial charge in [-0.15, -0.1) is 0 Å². The number of nitrogen functional groups attached to an aromatic ring is 1. The second-order valence-electron chi connectivity index (χ2n) is 3.54. The molecule has 0 spiro atoms. The summed E-state index contributed by atoms with van der Waals surface area (Å²) in [5, 5.41) is 8.64. The van der Waals surface area contributed by atoms with Gasteiger partial charge in [0, 0.05) is 12.8 Å². The van der Waals surface area contributed by atoms with Crippen molar-refractivity contribution in [3.8, 4) is 11.9 Å². The molecule has 2 N–H and O–H groups in total. The van der Waals surface area contributed by atoms with Crippen LogP contribution in [-0.4, -0.2) is 24.8 Å². The van der Waals surface area contributed by atoms with Crippen molar-refractivity contribution in [2.45, 2.75) is 19.8 Å². The van der Waals surface area contributed by atoms with Gasteiger partial charge in [-0.25, -0.2) is 4.98 Å². The fraction of sp³-hybridized carbons (Fsp3) is 0.500. The zero-order valence-electron chi connectivity index (χ0n) is 9.98. The summed E-state index contributed by atoms with van der Waals surface area (Å²) >= 11 is 0. The van der Waals surface area contributed by atoms with E-state index in [4.69, 9.17) is 20.5 Å². The van der Waals surface area contributed by atoms with Gasteiger partial charge in [-0.1, -0.05) is 13.3 Å². The predicted octanol–water partition coefficient (Wildman–Crippen LogP) is 1.73. The van der Waals surface area contributed by atoms with E-state index in [9.17, 15) is 0 Å². The Morgan fingerprint density at radius 1 is 1.41 bits per heavy atom. The van der Waals surface area contributed by atoms with Crippen LogP contribution >= 0.6 is 0 Å². The molecule has 0 radical (unpaired) electrons. The molecule has 0 unspecified atom stereocenters. The Morgan fingerprint density at radius 3 is 2.88 bits per heavy atom. The van der Waals surface area contributed by atoms with E-state index in [1.165, 1.54) is 6.20 Å². The fourth-order valence-electron chi connectivity index (χ4n) is 1.20. The van der Waals surface area contributed by atoms with Crippen LogP contribution in [0.3, 0.4) is 0 Å². The average Bonchev–Trinajstić information content (AvgIpc) is 2.35. The number of pyridine rings is 1. The minimum Gasteiger partial charge on any atom is -0.474 e. The third kappa shape index (κ3) is 4.70. The first-order valence-electron chi connectivity index (χ1n) is 5.64. The molecule has 92 valence electrons. The van der Waals surface area contributed by atoms with Crippen molar-refractivity contribution in [2.24, 2.45) is 0 Å². The number of ether oxygens (including phenoxy) is 2. The van der Waals surface area contributed by atoms with E-state index in [1.54, 1.807) is 6.07 Å². The van der Waals surface area contributed by atoms with Crippen LogP contribution in [0.15, 0.2) is 12.3 Å². The van der Waals surface area contributed by atoms with Crippen molar-refractivity contribution < 1.29 is 9.47 Å². The molecular formula is C12H17N3O2. The van der Waals surface area contributed by atoms with Gasteiger partial charge < -0.3 is 15.2 Å². The molecule has 5 nitrogen and oxygen atoms in total. The number of hydrogen-bond donors (Lipinski definition) is 1. The predicted molar refractivity (Wildman–Crippen MR) is 64.6 cm³/mol. The molecule has 1 rings (SSSR count). The summed E-state index contributed by atoms with van der Waals surface area (Å²) < 4.78 is 10.7. The molecule has 0 fully saturated rings. The zero-order valence-corrected chi connectivity index (χ0v) is 9.98. The minimum absolute atomic E-state index is 0.350. The number of nitrogens with two attached hydrogens (primary N) is 1. The highest BCUT2D eigenvalue weighted by Crippen LogP contribution is 2.18. The van der Waals surface area contributed by atoms with E-state index in [1.807, 2.05) is 6.07 Å². The second-order valence-corrected chi connectivity index (χ2v) is 3.54. The van der Waals surface area contributed by atoms with Crippen LogP contribution in [0, 0.1) is 11.3 Å². The Bertz CT molecular complexity index is 388. The van der Waals surface area contributed by atoms with Gasteiger partial charge in [0.1, 0.15) is 12.7 Å². The molecule has 5 heteroatoms. The molecule has 0 aliphatic rings. The highest BCUT2D eigenvalue weighted by molar-refractivity contribution is 5.51. The SMILES string of the molecule is CCCCOCCOc1ncc(C#N)cc1N. The third-order valence-electron chi connectivity index (χ3n) is 2.12. The molecule has 1 aromatic heterocycles. The van der Waals surface area contributed by atoms with Gasteiger partial charge in [0.2, 0.25) is 5.88 Å². The maximum atomic E-state index is 8.64. The van der Waals surface area contributed by atoms with Crippen LogP contribution in [0.2, 0.25) is 0 Å². The first-order valence-corrected chi connectivity index (χ1v) is 5.64. The van der Waals surface area contributed by atoms with Gasteiger partial charge in [-0.2, -0.15) is 5.26 Å². The first-order chi connectivity index (χ1) is 8.27. The van der Waals surface area contributed by atoms with Gasteiger partial charge in [-0.05, 0) is 12.5 Å². The highest BCUT2D eigenvalue weighted by atomic mass is 16.5. The third-order valence-corrected chi connectivity index (χ3v) is 2.12. The normalized spacial score (nSPS) is 9.88. The summed E-state index contributed by atoms with van der Waals surface area (Å²) in [7, 11) is 0. The Balaban J connectivity index is 2.30. The van der Waals surface area contributed by atoms with Gasteiger partial charge in [0.25, 0.3) is 0 Å². The summed E-state index contributed by atoms with van der Waals surface area (Å²) in [6.07, 6.45) is 3.60. The molecule has 0 aliphatic heterocycles. The Labute approximate surface area is 101 Å². The number of nitriles is 1. The van der Waals surface area contributed by atoms with Crippen molar-refractivity contribution in [2.75, 3.05) is 25.6 Å². The lowest BCUT2D eigenvalue weighted by Gasteiger charge is -2.08. The van der Waals surface area contributed by atoms with Gasteiger partial charge >= 0.3 is 0 Å². The van der Waals surface area contributed by atoms with Crippen molar-refractivity contribution >= 4 is 5.69 Å². The van der Waals surface area contributed by atoms with Crippen molar-refractivity contribution in [3.05, 3.63) is 17.8 Å². The van der Waals surface area contributed by atoms with E-state index in [2.05, 4.69) is 11.9 Å². The maximum absolute atomic E-state index is 8.64. The Kier molecular flexibility index (Phi) is 5.83. The monoisotopic (exact) mass is 235 g/mol. The van der Waals surface area contributed by atoms with Crippen LogP contribution in [0.4, 0.5) is 5.69 Å². The molecule has 0 amide bonds. The summed E-state index contributed by atoms with van der Waals surface area (Å²) in [6, 6.07) is 3.50. The molecular weight excluding hydrogens is 218 g/mol. The van der Waals surface area contributed by atoms with Crippen molar-refractivity contribution in [1.29, 1.82) is 5.26 Å². The second kappa shape index (κ2) is 7.47. The van der Waals surface area contributed by atoms with Crippen molar-refractivity contribution in [1.82, 2.24) is 4.98 Å². The summed E-state index contributed by atoms with van der Waals surface area (Å²) in [5.41, 5.74) is 6.48. The summed E-state index contributed by atoms with van der Waals surface area (Å²) in [4.78, 5) is 3.96. The Morgan fingerprint density at radius 2 is 2.24 bits per heavy atom. The maximum Gasteiger partial charge on any atom is 0.237 e. The van der Waals surface area contributed by atoms with Crippen LogP contribution in [0.1, 0.15) is 25.3 Å². The molecule has 0 atom stereocenters. The van der Waals surface area contributed by atoms with E-state index >= 15 is 0 Å². The molecule has 1 aromatic rings. The van der Waals surface area contributed by atoms with Crippen LogP contribution in [-0.2, 0) is 4.74 Å². The van der Waals surface area contributed by atoms with E-state index in [0.717, 1.165) is 19.4 Å². The van der Waals surface area contributed by atoms with Crippen molar-refractivity contribution in [3.63, 3.8) is 0 Å². The largest absolute Gasteiger partial charge is 0.474 e. The summed E-state index contributed by atoms with van der Waals surface area (Å²) in [5.74, 6) is 0.350. The Hall–Kier alpha value is -1.80. The van der Waals surface area contributed by atoms with Crippen LogP contribution in [0.5, 0.6) is 5.88 Å². The van der Waals surface area contributed by atoms with Crippen LogP contribution < -0.4 is 10.5 Å². The fourth-order valence-corrected chi connectivity index (χ4v) is 1.20. The number of unbranched alkanes of at least 4 members (excludes halogenated alkanes) is 1. The molecule has 0 aromatic carbocycles. The summed E-state index contributed by atoms with van der Waals surface area (Å²) in [6.45, 7) is 3.78. The molecule has 0 aliphatic carbocycles. The standard InChI is InChI=1S/C12H17N3O2/c1-2-3-4-16-5-6-17-12-11(14)7-10(8-13)9-15-12/h7,9H,2-6,14H2,1H3. The van der Waals surface area contributed by atoms with E-state index in [-0.39, 0.29) is 0 Å². The lowest BCUT2D eigenvalue weighted by molar-refractivity contribution is 0.0968. The number of nitrogens with zero attached hydrogens (tertiary/aromatic N) is 2. The van der Waals surface area contributed by atoms with Gasteiger partial charge in [0.15, 0.2) is 0 Å². The number of aromatic nitrogens is 1. The number of rotatable bonds is 7. The van der Waals surface area contributed by atoms with Crippen LogP contribution in [0.25, 0.3) is 0 Å². The number of hydrogen-bond acceptors (Lipinski definition) is 5. The highest BCUT2D eigenvalue weighted by Gasteiger charge is 2.03. The van der Waals surface area contributed by atoms with E-state index < -0.39 is 0 Å². The van der Waals surface area contributed by atoms with Gasteiger partial charge in [-0.3, -0.25) is 0 Å². The molecule has 0 bridgehead atoms. The topological polar surface area (TPSA) is 81.2 Å². The minimum atomic E-state index is 0.350. The van der Waals surface area contributed by atoms with E-state index in [0.29, 0.717) is 30.3 Å². The lowest BCUT2D eigenvalue weighted by atomic mass is 10.3.